The first-order valence-electron chi connectivity index (χ1n) is 4.04. The van der Waals surface area contributed by atoms with Crippen LogP contribution in [0.2, 0.25) is 0 Å². The molecule has 0 atom stereocenters. The number of nitrogens with zero attached hydrogens (tertiary/aromatic N) is 1. The van der Waals surface area contributed by atoms with Crippen LogP contribution in [0, 0.1) is 0 Å². The number of benzene rings is 1. The van der Waals surface area contributed by atoms with Gasteiger partial charge in [0.1, 0.15) is 16.2 Å². The third kappa shape index (κ3) is 2.17. The molecule has 1 aromatic carbocycles. The number of hydrogen-bond donors (Lipinski definition) is 2. The van der Waals surface area contributed by atoms with Crippen molar-refractivity contribution in [1.29, 1.82) is 0 Å². The number of phenols is 1. The smallest absolute Gasteiger partial charge is 0.295 e. The molecule has 2 aromatic rings. The Hall–Kier alpha value is -1.14. The Morgan fingerprint density at radius 3 is 2.50 bits per heavy atom. The maximum atomic E-state index is 11.0. The maximum absolute atomic E-state index is 11.0. The summed E-state index contributed by atoms with van der Waals surface area (Å²) in [5.41, 5.74) is 0.146. The zero-order chi connectivity index (χ0) is 11.1. The number of aromatic nitrogens is 1. The molecule has 0 radical (unpaired) electrons. The van der Waals surface area contributed by atoms with Crippen molar-refractivity contribution in [2.24, 2.45) is 0 Å². The van der Waals surface area contributed by atoms with Crippen LogP contribution in [0.15, 0.2) is 35.4 Å². The fourth-order valence-corrected chi connectivity index (χ4v) is 2.04. The van der Waals surface area contributed by atoms with Gasteiger partial charge >= 0.3 is 0 Å². The normalized spacial score (nSPS) is 11.1. The second kappa shape index (κ2) is 4.39. The van der Waals surface area contributed by atoms with Gasteiger partial charge < -0.3 is 5.11 Å². The zero-order valence-electron chi connectivity index (χ0n) is 7.81. The van der Waals surface area contributed by atoms with E-state index in [0.717, 1.165) is 6.07 Å². The minimum atomic E-state index is -4.30. The summed E-state index contributed by atoms with van der Waals surface area (Å²) in [6.45, 7) is 0. The van der Waals surface area contributed by atoms with Crippen LogP contribution in [-0.2, 0) is 27.2 Å². The molecule has 0 spiro atoms. The Morgan fingerprint density at radius 2 is 1.88 bits per heavy atom. The van der Waals surface area contributed by atoms with Gasteiger partial charge in [-0.25, -0.2) is 0 Å². The summed E-state index contributed by atoms with van der Waals surface area (Å²) in [4.78, 5) is 3.57. The summed E-state index contributed by atoms with van der Waals surface area (Å²) in [6.07, 6.45) is 1.43. The molecule has 0 bridgehead atoms. The molecule has 1 aromatic heterocycles. The van der Waals surface area contributed by atoms with Gasteiger partial charge in [-0.3, -0.25) is 9.54 Å². The fraction of sp³-hybridized carbons (Fsp3) is 0. The van der Waals surface area contributed by atoms with Crippen molar-refractivity contribution < 1.29 is 35.1 Å². The molecule has 0 aliphatic carbocycles. The number of pyridine rings is 1. The first-order valence-corrected chi connectivity index (χ1v) is 5.48. The summed E-state index contributed by atoms with van der Waals surface area (Å²) in [7, 11) is -4.30. The average Bonchev–Trinajstić information content (AvgIpc) is 2.17. The molecule has 0 amide bonds. The topological polar surface area (TPSA) is 87.5 Å². The van der Waals surface area contributed by atoms with E-state index >= 15 is 0 Å². The second-order valence-corrected chi connectivity index (χ2v) is 4.35. The van der Waals surface area contributed by atoms with Crippen molar-refractivity contribution in [3.63, 3.8) is 0 Å². The third-order valence-electron chi connectivity index (χ3n) is 1.99. The van der Waals surface area contributed by atoms with E-state index < -0.39 is 10.1 Å². The van der Waals surface area contributed by atoms with Gasteiger partial charge in [0.05, 0.1) is 0 Å². The van der Waals surface area contributed by atoms with Gasteiger partial charge in [0.15, 0.2) is 0 Å². The van der Waals surface area contributed by atoms with Gasteiger partial charge in [0.2, 0.25) is 0 Å². The molecule has 2 N–H and O–H groups in total. The average molecular weight is 281 g/mol. The Bertz CT molecular complexity index is 626. The predicted octanol–water partition coefficient (Wildman–Crippen LogP) is 1.18. The Labute approximate surface area is 102 Å². The van der Waals surface area contributed by atoms with Gasteiger partial charge in [0, 0.05) is 28.7 Å². The molecule has 0 unspecified atom stereocenters. The number of hydrogen-bond acceptors (Lipinski definition) is 4. The van der Waals surface area contributed by atoms with Crippen LogP contribution in [0.4, 0.5) is 0 Å². The van der Waals surface area contributed by atoms with Gasteiger partial charge in [-0.2, -0.15) is 8.42 Å². The number of fused-ring (bicyclic) bond motifs is 1. The van der Waals surface area contributed by atoms with Crippen LogP contribution < -0.4 is 0 Å². The number of rotatable bonds is 1. The summed E-state index contributed by atoms with van der Waals surface area (Å²) in [6, 6.07) is 5.30. The van der Waals surface area contributed by atoms with Crippen molar-refractivity contribution in [3.8, 4) is 5.75 Å². The predicted molar refractivity (Wildman–Crippen MR) is 53.2 cm³/mol. The molecule has 1 heterocycles. The van der Waals surface area contributed by atoms with E-state index in [1.54, 1.807) is 0 Å². The molecule has 16 heavy (non-hydrogen) atoms. The first-order chi connectivity index (χ1) is 7.00. The third-order valence-corrected chi connectivity index (χ3v) is 2.90. The van der Waals surface area contributed by atoms with Gasteiger partial charge in [-0.1, -0.05) is 0 Å². The van der Waals surface area contributed by atoms with Crippen molar-refractivity contribution >= 4 is 21.0 Å². The molecular weight excluding hydrogens is 274 g/mol. The van der Waals surface area contributed by atoms with Crippen LogP contribution in [-0.4, -0.2) is 23.1 Å². The Morgan fingerprint density at radius 1 is 1.19 bits per heavy atom. The Kier molecular flexibility index (Phi) is 3.54. The summed E-state index contributed by atoms with van der Waals surface area (Å²) in [5, 5.41) is 9.62. The van der Waals surface area contributed by atoms with E-state index in [4.69, 9.17) is 4.55 Å². The summed E-state index contributed by atoms with van der Waals surface area (Å²) in [5.74, 6) is -0.127. The molecule has 0 aliphatic heterocycles. The minimum absolute atomic E-state index is 0. The molecule has 0 aliphatic rings. The molecule has 7 heteroatoms. The standard InChI is InChI=1S/C9H7NO4S.Fe/c11-7-3-4-8(15(12,13)14)6-2-1-5-10-9(6)7;/h1-5,11H,(H,12,13,14);. The number of phenolic OH excluding ortho intramolecular Hbond substituents is 1. The van der Waals surface area contributed by atoms with E-state index in [9.17, 15) is 13.5 Å². The van der Waals surface area contributed by atoms with Crippen LogP contribution in [0.1, 0.15) is 0 Å². The van der Waals surface area contributed by atoms with Crippen LogP contribution in [0.5, 0.6) is 5.75 Å². The largest absolute Gasteiger partial charge is 0.506 e. The quantitative estimate of drug-likeness (QED) is 0.605. The van der Waals surface area contributed by atoms with E-state index in [1.807, 2.05) is 0 Å². The maximum Gasteiger partial charge on any atom is 0.295 e. The van der Waals surface area contributed by atoms with Crippen molar-refractivity contribution in [3.05, 3.63) is 30.5 Å². The Balaban J connectivity index is 0.00000128. The molecule has 0 saturated heterocycles. The van der Waals surface area contributed by atoms with Crippen molar-refractivity contribution in [2.45, 2.75) is 4.90 Å². The van der Waals surface area contributed by atoms with Gasteiger partial charge in [0.25, 0.3) is 10.1 Å². The van der Waals surface area contributed by atoms with Gasteiger partial charge in [-0.05, 0) is 24.3 Å². The second-order valence-electron chi connectivity index (χ2n) is 2.96. The van der Waals surface area contributed by atoms with Crippen LogP contribution >= 0.6 is 0 Å². The zero-order valence-corrected chi connectivity index (χ0v) is 9.73. The van der Waals surface area contributed by atoms with E-state index in [1.165, 1.54) is 24.4 Å². The van der Waals surface area contributed by atoms with Crippen molar-refractivity contribution in [2.75, 3.05) is 0 Å². The van der Waals surface area contributed by atoms with E-state index in [2.05, 4.69) is 4.98 Å². The molecule has 5 nitrogen and oxygen atoms in total. The molecule has 0 fully saturated rings. The summed E-state index contributed by atoms with van der Waals surface area (Å²) < 4.78 is 30.9. The van der Waals surface area contributed by atoms with Crippen molar-refractivity contribution in [1.82, 2.24) is 4.98 Å². The molecule has 86 valence electrons. The number of aromatic hydroxyl groups is 1. The summed E-state index contributed by atoms with van der Waals surface area (Å²) >= 11 is 0. The van der Waals surface area contributed by atoms with E-state index in [-0.39, 0.29) is 38.6 Å². The minimum Gasteiger partial charge on any atom is -0.506 e. The fourth-order valence-electron chi connectivity index (χ4n) is 1.36. The molecular formula is C9H7FeNO4S. The van der Waals surface area contributed by atoms with Crippen LogP contribution in [0.3, 0.4) is 0 Å². The van der Waals surface area contributed by atoms with Gasteiger partial charge in [-0.15, -0.1) is 0 Å². The SMILES string of the molecule is O=S(=O)(O)c1ccc(O)c2ncccc12.[Fe]. The first kappa shape index (κ1) is 12.9. The van der Waals surface area contributed by atoms with Crippen LogP contribution in [0.25, 0.3) is 10.9 Å². The molecule has 2 rings (SSSR count). The van der Waals surface area contributed by atoms with E-state index in [0.29, 0.717) is 0 Å². The monoisotopic (exact) mass is 281 g/mol. The molecule has 0 saturated carbocycles.